The van der Waals surface area contributed by atoms with Gasteiger partial charge in [0.25, 0.3) is 5.56 Å². The summed E-state index contributed by atoms with van der Waals surface area (Å²) in [5.74, 6) is 0. The third kappa shape index (κ3) is 3.28. The first-order valence-electron chi connectivity index (χ1n) is 8.88. The highest BCUT2D eigenvalue weighted by Gasteiger charge is 2.59. The number of aromatic nitrogens is 4. The number of fused-ring (bicyclic) bond motifs is 1. The maximum absolute atomic E-state index is 14.2. The van der Waals surface area contributed by atoms with Crippen molar-refractivity contribution in [2.75, 3.05) is 0 Å². The normalized spacial score (nSPS) is 17.2. The maximum atomic E-state index is 14.2. The minimum absolute atomic E-state index is 0.169. The quantitative estimate of drug-likeness (QED) is 0.594. The highest BCUT2D eigenvalue weighted by atomic mass is 35.5. The molecule has 4 rings (SSSR count). The number of benzene rings is 1. The lowest BCUT2D eigenvalue weighted by Crippen LogP contribution is -2.45. The maximum Gasteiger partial charge on any atom is 0.427 e. The molecule has 13 heteroatoms. The molecule has 1 aliphatic carbocycles. The van der Waals surface area contributed by atoms with Gasteiger partial charge in [0.1, 0.15) is 0 Å². The Kier molecular flexibility index (Phi) is 4.67. The van der Waals surface area contributed by atoms with Gasteiger partial charge < -0.3 is 5.11 Å². The Hall–Kier alpha value is -2.60. The van der Waals surface area contributed by atoms with Crippen LogP contribution in [0.3, 0.4) is 0 Å². The molecule has 1 aromatic carbocycles. The summed E-state index contributed by atoms with van der Waals surface area (Å²) in [6.07, 6.45) is -7.94. The summed E-state index contributed by atoms with van der Waals surface area (Å²) in [6, 6.07) is 1.07. The van der Waals surface area contributed by atoms with Gasteiger partial charge in [0.2, 0.25) is 5.60 Å². The second-order valence-corrected chi connectivity index (χ2v) is 7.67. The van der Waals surface area contributed by atoms with Crippen LogP contribution < -0.4 is 5.56 Å². The predicted octanol–water partition coefficient (Wildman–Crippen LogP) is 3.94. The fraction of sp³-hybridized carbons (Fsp3) is 0.389. The Balaban J connectivity index is 1.99. The highest BCUT2D eigenvalue weighted by Crippen LogP contribution is 2.47. The van der Waals surface area contributed by atoms with Crippen LogP contribution in [0.1, 0.15) is 35.7 Å². The van der Waals surface area contributed by atoms with Crippen LogP contribution in [0.4, 0.5) is 26.3 Å². The van der Waals surface area contributed by atoms with Gasteiger partial charge in [-0.15, -0.1) is 0 Å². The van der Waals surface area contributed by atoms with E-state index in [1.54, 1.807) is 0 Å². The lowest BCUT2D eigenvalue weighted by Gasteiger charge is -2.31. The molecule has 2 heterocycles. The second kappa shape index (κ2) is 6.70. The van der Waals surface area contributed by atoms with Gasteiger partial charge in [-0.3, -0.25) is 9.48 Å². The van der Waals surface area contributed by atoms with E-state index in [2.05, 4.69) is 10.2 Å². The molecule has 0 saturated heterocycles. The average Bonchev–Trinajstić information content (AvgIpc) is 3.41. The summed E-state index contributed by atoms with van der Waals surface area (Å²) >= 11 is 5.59. The van der Waals surface area contributed by atoms with E-state index in [0.29, 0.717) is 35.7 Å². The Morgan fingerprint density at radius 3 is 2.32 bits per heavy atom. The zero-order chi connectivity index (χ0) is 22.9. The molecule has 2 aromatic heterocycles. The minimum Gasteiger partial charge on any atom is -0.371 e. The van der Waals surface area contributed by atoms with Crippen LogP contribution in [0, 0.1) is 0 Å². The van der Waals surface area contributed by atoms with Gasteiger partial charge in [0.15, 0.2) is 5.52 Å². The molecule has 0 spiro atoms. The van der Waals surface area contributed by atoms with Crippen LogP contribution in [-0.2, 0) is 18.8 Å². The number of rotatable bonds is 3. The first-order valence-corrected chi connectivity index (χ1v) is 9.26. The Morgan fingerprint density at radius 1 is 1.16 bits per heavy atom. The molecule has 1 unspecified atom stereocenters. The molecular weight excluding hydrogens is 454 g/mol. The van der Waals surface area contributed by atoms with Crippen molar-refractivity contribution in [1.29, 1.82) is 0 Å². The van der Waals surface area contributed by atoms with Crippen molar-refractivity contribution in [3.05, 3.63) is 56.6 Å². The van der Waals surface area contributed by atoms with Gasteiger partial charge >= 0.3 is 12.4 Å². The number of nitrogens with zero attached hydrogens (tertiary/aromatic N) is 4. The first-order chi connectivity index (χ1) is 14.3. The molecule has 1 atom stereocenters. The van der Waals surface area contributed by atoms with Crippen molar-refractivity contribution >= 4 is 22.5 Å². The molecule has 31 heavy (non-hydrogen) atoms. The number of alkyl halides is 6. The van der Waals surface area contributed by atoms with Crippen LogP contribution in [0.15, 0.2) is 29.2 Å². The van der Waals surface area contributed by atoms with Crippen molar-refractivity contribution < 1.29 is 31.4 Å². The third-order valence-electron chi connectivity index (χ3n) is 5.14. The van der Waals surface area contributed by atoms with Gasteiger partial charge in [0, 0.05) is 12.6 Å². The lowest BCUT2D eigenvalue weighted by molar-refractivity contribution is -0.250. The minimum atomic E-state index is -5.40. The van der Waals surface area contributed by atoms with Crippen LogP contribution in [-0.4, -0.2) is 30.8 Å². The van der Waals surface area contributed by atoms with Gasteiger partial charge in [-0.05, 0) is 25.0 Å². The molecule has 1 saturated carbocycles. The smallest absolute Gasteiger partial charge is 0.371 e. The topological polar surface area (TPSA) is 72.9 Å². The first kappa shape index (κ1) is 21.6. The van der Waals surface area contributed by atoms with E-state index in [4.69, 9.17) is 11.6 Å². The standard InChI is InChI=1S/C18H13ClF6N4O2/c1-28-14(10-7-26-29(9-3-4-9)15(30)13(10)27-28)16(31,18(23,24)25)8-2-5-11(12(19)6-8)17(20,21)22/h2,5-7,9,31H,3-4H2,1H3. The Morgan fingerprint density at radius 2 is 1.81 bits per heavy atom. The summed E-state index contributed by atoms with van der Waals surface area (Å²) in [5, 5.41) is 17.2. The van der Waals surface area contributed by atoms with Gasteiger partial charge in [-0.2, -0.15) is 36.5 Å². The Labute approximate surface area is 174 Å². The fourth-order valence-corrected chi connectivity index (χ4v) is 3.80. The molecule has 166 valence electrons. The molecule has 1 N–H and O–H groups in total. The number of halogens is 7. The van der Waals surface area contributed by atoms with E-state index >= 15 is 0 Å². The van der Waals surface area contributed by atoms with Crippen molar-refractivity contribution in [3.63, 3.8) is 0 Å². The Bertz CT molecular complexity index is 1240. The molecule has 3 aromatic rings. The molecule has 0 amide bonds. The van der Waals surface area contributed by atoms with Crippen LogP contribution >= 0.6 is 11.6 Å². The van der Waals surface area contributed by atoms with Crippen LogP contribution in [0.5, 0.6) is 0 Å². The van der Waals surface area contributed by atoms with Crippen LogP contribution in [0.25, 0.3) is 10.9 Å². The third-order valence-corrected chi connectivity index (χ3v) is 5.46. The van der Waals surface area contributed by atoms with E-state index in [9.17, 15) is 36.2 Å². The molecule has 1 aliphatic rings. The van der Waals surface area contributed by atoms with Gasteiger partial charge in [0.05, 0.1) is 33.9 Å². The summed E-state index contributed by atoms with van der Waals surface area (Å²) in [5.41, 5.74) is -8.07. The summed E-state index contributed by atoms with van der Waals surface area (Å²) in [6.45, 7) is 0. The SMILES string of the molecule is Cn1nc2c(=O)n(C3CC3)ncc2c1C(O)(c1ccc(C(F)(F)F)c(Cl)c1)C(F)(F)F. The monoisotopic (exact) mass is 466 g/mol. The van der Waals surface area contributed by atoms with Crippen molar-refractivity contribution in [3.8, 4) is 0 Å². The molecule has 6 nitrogen and oxygen atoms in total. The van der Waals surface area contributed by atoms with E-state index in [0.717, 1.165) is 17.9 Å². The van der Waals surface area contributed by atoms with Crippen LogP contribution in [0.2, 0.25) is 5.02 Å². The van der Waals surface area contributed by atoms with E-state index in [1.165, 1.54) is 0 Å². The number of hydrogen-bond donors (Lipinski definition) is 1. The molecule has 0 bridgehead atoms. The largest absolute Gasteiger partial charge is 0.427 e. The van der Waals surface area contributed by atoms with E-state index in [-0.39, 0.29) is 16.9 Å². The highest BCUT2D eigenvalue weighted by molar-refractivity contribution is 6.31. The molecule has 0 aliphatic heterocycles. The summed E-state index contributed by atoms with van der Waals surface area (Å²) in [4.78, 5) is 12.6. The zero-order valence-electron chi connectivity index (χ0n) is 15.6. The fourth-order valence-electron chi connectivity index (χ4n) is 3.51. The predicted molar refractivity (Wildman–Crippen MR) is 96.5 cm³/mol. The lowest BCUT2D eigenvalue weighted by atomic mass is 9.87. The second-order valence-electron chi connectivity index (χ2n) is 7.26. The zero-order valence-corrected chi connectivity index (χ0v) is 16.3. The van der Waals surface area contributed by atoms with Crippen molar-refractivity contribution in [2.45, 2.75) is 36.8 Å². The van der Waals surface area contributed by atoms with Gasteiger partial charge in [-0.1, -0.05) is 17.7 Å². The number of hydrogen-bond acceptors (Lipinski definition) is 4. The average molecular weight is 467 g/mol. The number of aliphatic hydroxyl groups is 1. The van der Waals surface area contributed by atoms with Gasteiger partial charge in [-0.25, -0.2) is 4.68 Å². The van der Waals surface area contributed by atoms with Crippen molar-refractivity contribution in [2.24, 2.45) is 7.05 Å². The van der Waals surface area contributed by atoms with E-state index in [1.807, 2.05) is 0 Å². The molecular formula is C18H13ClF6N4O2. The van der Waals surface area contributed by atoms with E-state index < -0.39 is 45.4 Å². The molecule has 1 fully saturated rings. The molecule has 0 radical (unpaired) electrons. The summed E-state index contributed by atoms with van der Waals surface area (Å²) in [7, 11) is 1.08. The number of aryl methyl sites for hydroxylation is 1. The summed E-state index contributed by atoms with van der Waals surface area (Å²) < 4.78 is 83.3. The van der Waals surface area contributed by atoms with Crippen molar-refractivity contribution in [1.82, 2.24) is 19.6 Å².